The van der Waals surface area contributed by atoms with Crippen molar-refractivity contribution in [3.63, 3.8) is 0 Å². The number of nitrogens with zero attached hydrogens (tertiary/aromatic N) is 4. The van der Waals surface area contributed by atoms with Crippen LogP contribution in [0.3, 0.4) is 0 Å². The third-order valence-electron chi connectivity index (χ3n) is 5.82. The highest BCUT2D eigenvalue weighted by atomic mass is 16.5. The molecule has 0 saturated carbocycles. The Labute approximate surface area is 174 Å². The van der Waals surface area contributed by atoms with Crippen LogP contribution in [-0.2, 0) is 16.1 Å². The predicted molar refractivity (Wildman–Crippen MR) is 116 cm³/mol. The second kappa shape index (κ2) is 11.0. The van der Waals surface area contributed by atoms with Gasteiger partial charge in [-0.15, -0.1) is 0 Å². The molecule has 0 atom stereocenters. The van der Waals surface area contributed by atoms with Crippen molar-refractivity contribution in [3.8, 4) is 0 Å². The van der Waals surface area contributed by atoms with Gasteiger partial charge in [-0.25, -0.2) is 9.98 Å². The van der Waals surface area contributed by atoms with Gasteiger partial charge in [-0.1, -0.05) is 12.8 Å². The summed E-state index contributed by atoms with van der Waals surface area (Å²) in [5, 5.41) is 3.40. The molecule has 1 N–H and O–H groups in total. The summed E-state index contributed by atoms with van der Waals surface area (Å²) in [5.41, 5.74) is 1.18. The Morgan fingerprint density at radius 2 is 1.93 bits per heavy atom. The summed E-state index contributed by atoms with van der Waals surface area (Å²) < 4.78 is 4.89. The molecule has 2 fully saturated rings. The number of aromatic nitrogens is 1. The Morgan fingerprint density at radius 1 is 1.21 bits per heavy atom. The number of piperidine rings is 1. The Hall–Kier alpha value is -2.31. The lowest BCUT2D eigenvalue weighted by molar-refractivity contribution is -0.146. The van der Waals surface area contributed by atoms with Gasteiger partial charge < -0.3 is 19.9 Å². The number of hydrogen-bond donors (Lipinski definition) is 1. The zero-order valence-electron chi connectivity index (χ0n) is 17.9. The van der Waals surface area contributed by atoms with E-state index in [-0.39, 0.29) is 11.9 Å². The van der Waals surface area contributed by atoms with E-state index in [0.717, 1.165) is 57.3 Å². The van der Waals surface area contributed by atoms with Crippen molar-refractivity contribution in [1.29, 1.82) is 0 Å². The summed E-state index contributed by atoms with van der Waals surface area (Å²) >= 11 is 0. The second-order valence-corrected chi connectivity index (χ2v) is 7.88. The van der Waals surface area contributed by atoms with Crippen LogP contribution in [0.4, 0.5) is 5.82 Å². The van der Waals surface area contributed by atoms with Crippen LogP contribution >= 0.6 is 0 Å². The summed E-state index contributed by atoms with van der Waals surface area (Å²) in [6, 6.07) is 4.24. The number of carbonyl (C=O) groups is 1. The van der Waals surface area contributed by atoms with Crippen molar-refractivity contribution >= 4 is 17.7 Å². The van der Waals surface area contributed by atoms with E-state index < -0.39 is 0 Å². The molecule has 0 aromatic carbocycles. The number of aliphatic imine (C=N–C) groups is 1. The summed E-state index contributed by atoms with van der Waals surface area (Å²) in [5.74, 6) is 1.91. The Balaban J connectivity index is 1.63. The molecule has 0 bridgehead atoms. The summed E-state index contributed by atoms with van der Waals surface area (Å²) in [6.45, 7) is 7.37. The van der Waals surface area contributed by atoms with E-state index in [1.807, 2.05) is 6.20 Å². The number of carbonyl (C=O) groups excluding carboxylic acids is 1. The highest BCUT2D eigenvalue weighted by Crippen LogP contribution is 2.20. The molecule has 0 spiro atoms. The fraction of sp³-hybridized carbons (Fsp3) is 0.682. The molecule has 1 aromatic rings. The van der Waals surface area contributed by atoms with Crippen LogP contribution in [0.15, 0.2) is 23.3 Å². The molecule has 2 saturated heterocycles. The van der Waals surface area contributed by atoms with Crippen molar-refractivity contribution in [2.75, 3.05) is 44.7 Å². The van der Waals surface area contributed by atoms with Crippen LogP contribution in [0.25, 0.3) is 0 Å². The molecule has 29 heavy (non-hydrogen) atoms. The lowest BCUT2D eigenvalue weighted by atomic mass is 9.97. The van der Waals surface area contributed by atoms with E-state index in [2.05, 4.69) is 39.2 Å². The third-order valence-corrected chi connectivity index (χ3v) is 5.82. The largest absolute Gasteiger partial charge is 0.469 e. The fourth-order valence-electron chi connectivity index (χ4n) is 4.12. The molecule has 0 unspecified atom stereocenters. The van der Waals surface area contributed by atoms with Crippen molar-refractivity contribution in [3.05, 3.63) is 23.9 Å². The maximum Gasteiger partial charge on any atom is 0.308 e. The first-order valence-corrected chi connectivity index (χ1v) is 11.0. The average Bonchev–Trinajstić information content (AvgIpc) is 3.06. The number of rotatable bonds is 5. The predicted octanol–water partition coefficient (Wildman–Crippen LogP) is 2.81. The molecular weight excluding hydrogens is 366 g/mol. The molecule has 2 aliphatic rings. The molecule has 3 rings (SSSR count). The lowest BCUT2D eigenvalue weighted by Gasteiger charge is -2.33. The monoisotopic (exact) mass is 401 g/mol. The maximum absolute atomic E-state index is 11.8. The number of nitrogens with one attached hydrogen (secondary N) is 1. The van der Waals surface area contributed by atoms with Gasteiger partial charge in [-0.3, -0.25) is 4.79 Å². The molecule has 7 heteroatoms. The zero-order valence-corrected chi connectivity index (χ0v) is 17.9. The molecule has 7 nitrogen and oxygen atoms in total. The summed E-state index contributed by atoms with van der Waals surface area (Å²) in [7, 11) is 1.47. The number of hydrogen-bond acceptors (Lipinski definition) is 5. The first-order chi connectivity index (χ1) is 14.2. The summed E-state index contributed by atoms with van der Waals surface area (Å²) in [6.07, 6.45) is 8.65. The van der Waals surface area contributed by atoms with Gasteiger partial charge in [0.1, 0.15) is 5.82 Å². The van der Waals surface area contributed by atoms with E-state index in [1.54, 1.807) is 0 Å². The standard InChI is InChI=1S/C22H35N5O2/c1-3-23-22(27-14-9-19(10-15-27)21(28)29-2)25-17-18-8-11-24-20(16-18)26-12-6-4-5-7-13-26/h8,11,16,19H,3-7,9-10,12-15,17H2,1-2H3,(H,23,25). The average molecular weight is 402 g/mol. The first kappa shape index (κ1) is 21.4. The minimum Gasteiger partial charge on any atom is -0.469 e. The topological polar surface area (TPSA) is 70.1 Å². The minimum absolute atomic E-state index is 0.00973. The van der Waals surface area contributed by atoms with Crippen LogP contribution in [0, 0.1) is 5.92 Å². The number of methoxy groups -OCH3 is 1. The van der Waals surface area contributed by atoms with Crippen LogP contribution in [0.5, 0.6) is 0 Å². The highest BCUT2D eigenvalue weighted by Gasteiger charge is 2.27. The SMILES string of the molecule is CCNC(=NCc1ccnc(N2CCCCCC2)c1)N1CCC(C(=O)OC)CC1. The number of pyridine rings is 1. The zero-order chi connectivity index (χ0) is 20.5. The Kier molecular flexibility index (Phi) is 8.14. The van der Waals surface area contributed by atoms with E-state index in [0.29, 0.717) is 6.54 Å². The van der Waals surface area contributed by atoms with Gasteiger partial charge in [0.05, 0.1) is 19.6 Å². The Morgan fingerprint density at radius 3 is 2.59 bits per heavy atom. The molecule has 3 heterocycles. The third kappa shape index (κ3) is 6.08. The van der Waals surface area contributed by atoms with Gasteiger partial charge in [0.25, 0.3) is 0 Å². The van der Waals surface area contributed by atoms with E-state index in [1.165, 1.54) is 38.4 Å². The van der Waals surface area contributed by atoms with E-state index >= 15 is 0 Å². The van der Waals surface area contributed by atoms with Gasteiger partial charge in [0, 0.05) is 38.9 Å². The van der Waals surface area contributed by atoms with Gasteiger partial charge in [0.15, 0.2) is 5.96 Å². The molecule has 0 amide bonds. The molecule has 160 valence electrons. The molecule has 2 aliphatic heterocycles. The summed E-state index contributed by atoms with van der Waals surface area (Å²) in [4.78, 5) is 25.9. The highest BCUT2D eigenvalue weighted by molar-refractivity contribution is 5.80. The number of ether oxygens (including phenoxy) is 1. The molecular formula is C22H35N5O2. The van der Waals surface area contributed by atoms with Crippen molar-refractivity contribution < 1.29 is 9.53 Å². The minimum atomic E-state index is -0.0931. The van der Waals surface area contributed by atoms with Crippen LogP contribution < -0.4 is 10.2 Å². The Bertz CT molecular complexity index is 678. The number of likely N-dealkylation sites (tertiary alicyclic amines) is 1. The number of guanidine groups is 1. The van der Waals surface area contributed by atoms with Crippen LogP contribution in [0.2, 0.25) is 0 Å². The molecule has 0 aliphatic carbocycles. The first-order valence-electron chi connectivity index (χ1n) is 11.0. The fourth-order valence-corrected chi connectivity index (χ4v) is 4.12. The quantitative estimate of drug-likeness (QED) is 0.465. The van der Waals surface area contributed by atoms with Crippen molar-refractivity contribution in [2.45, 2.75) is 52.0 Å². The van der Waals surface area contributed by atoms with Gasteiger partial charge >= 0.3 is 5.97 Å². The second-order valence-electron chi connectivity index (χ2n) is 7.88. The maximum atomic E-state index is 11.8. The van der Waals surface area contributed by atoms with Gasteiger partial charge in [0.2, 0.25) is 0 Å². The van der Waals surface area contributed by atoms with Crippen molar-refractivity contribution in [1.82, 2.24) is 15.2 Å². The van der Waals surface area contributed by atoms with E-state index in [9.17, 15) is 4.79 Å². The normalized spacial score (nSPS) is 19.0. The molecule has 1 aromatic heterocycles. The van der Waals surface area contributed by atoms with Crippen LogP contribution in [-0.4, -0.2) is 61.6 Å². The number of anilines is 1. The molecule has 0 radical (unpaired) electrons. The van der Waals surface area contributed by atoms with E-state index in [4.69, 9.17) is 9.73 Å². The van der Waals surface area contributed by atoms with Crippen LogP contribution in [0.1, 0.15) is 51.0 Å². The number of esters is 1. The van der Waals surface area contributed by atoms with Gasteiger partial charge in [-0.05, 0) is 50.3 Å². The van der Waals surface area contributed by atoms with Gasteiger partial charge in [-0.2, -0.15) is 0 Å². The van der Waals surface area contributed by atoms with Crippen molar-refractivity contribution in [2.24, 2.45) is 10.9 Å². The lowest BCUT2D eigenvalue weighted by Crippen LogP contribution is -2.46. The smallest absolute Gasteiger partial charge is 0.308 e.